The minimum atomic E-state index is -0.819. The molecule has 5 nitrogen and oxygen atoms in total. The van der Waals surface area contributed by atoms with E-state index in [4.69, 9.17) is 11.5 Å². The molecule has 1 aliphatic carbocycles. The van der Waals surface area contributed by atoms with Crippen LogP contribution >= 0.6 is 0 Å². The molecule has 0 aromatic carbocycles. The first-order chi connectivity index (χ1) is 8.91. The number of carbonyl (C=O) groups excluding carboxylic acids is 1. The van der Waals surface area contributed by atoms with E-state index in [9.17, 15) is 4.79 Å². The van der Waals surface area contributed by atoms with Gasteiger partial charge in [-0.25, -0.2) is 0 Å². The van der Waals surface area contributed by atoms with E-state index in [0.29, 0.717) is 12.5 Å². The van der Waals surface area contributed by atoms with Crippen LogP contribution in [0.2, 0.25) is 0 Å². The number of likely N-dealkylation sites (N-methyl/N-ethyl adjacent to an activating group) is 1. The van der Waals surface area contributed by atoms with Gasteiger partial charge in [0.15, 0.2) is 0 Å². The van der Waals surface area contributed by atoms with Gasteiger partial charge in [0.05, 0.1) is 0 Å². The predicted octanol–water partition coefficient (Wildman–Crippen LogP) is -0.147. The standard InChI is InChI=1S/C14H28N4O/c1-17-7-5-11(6-8-17)9-18(2)10-14(16,13(15)19)12-3-4-12/h11-12H,3-10,16H2,1-2H3,(H2,15,19). The van der Waals surface area contributed by atoms with Gasteiger partial charge in [-0.15, -0.1) is 0 Å². The maximum atomic E-state index is 11.6. The number of hydrogen-bond donors (Lipinski definition) is 2. The summed E-state index contributed by atoms with van der Waals surface area (Å²) in [6.45, 7) is 3.96. The average Bonchev–Trinajstić information content (AvgIpc) is 3.16. The molecule has 1 atom stereocenters. The van der Waals surface area contributed by atoms with E-state index in [1.54, 1.807) is 0 Å². The number of rotatable bonds is 6. The summed E-state index contributed by atoms with van der Waals surface area (Å²) in [7, 11) is 4.23. The molecule has 19 heavy (non-hydrogen) atoms. The van der Waals surface area contributed by atoms with E-state index in [0.717, 1.165) is 25.3 Å². The molecule has 1 saturated carbocycles. The smallest absolute Gasteiger partial charge is 0.239 e. The fraction of sp³-hybridized carbons (Fsp3) is 0.929. The first-order valence-corrected chi connectivity index (χ1v) is 7.37. The van der Waals surface area contributed by atoms with Crippen LogP contribution in [0.15, 0.2) is 0 Å². The van der Waals surface area contributed by atoms with Crippen molar-refractivity contribution in [3.05, 3.63) is 0 Å². The number of primary amides is 1. The summed E-state index contributed by atoms with van der Waals surface area (Å²) in [5, 5.41) is 0. The van der Waals surface area contributed by atoms with E-state index in [1.165, 1.54) is 25.9 Å². The van der Waals surface area contributed by atoms with Crippen LogP contribution in [0.25, 0.3) is 0 Å². The van der Waals surface area contributed by atoms with E-state index < -0.39 is 5.54 Å². The summed E-state index contributed by atoms with van der Waals surface area (Å²) in [6.07, 6.45) is 4.56. The lowest BCUT2D eigenvalue weighted by Gasteiger charge is -2.35. The Kier molecular flexibility index (Phi) is 4.48. The Morgan fingerprint density at radius 3 is 2.37 bits per heavy atom. The molecular weight excluding hydrogens is 240 g/mol. The van der Waals surface area contributed by atoms with Crippen LogP contribution in [0.3, 0.4) is 0 Å². The zero-order chi connectivity index (χ0) is 14.0. The highest BCUT2D eigenvalue weighted by Gasteiger charge is 2.47. The normalized spacial score (nSPS) is 25.5. The molecule has 4 N–H and O–H groups in total. The van der Waals surface area contributed by atoms with Crippen molar-refractivity contribution < 1.29 is 4.79 Å². The van der Waals surface area contributed by atoms with Crippen molar-refractivity contribution in [3.8, 4) is 0 Å². The van der Waals surface area contributed by atoms with Crippen LogP contribution < -0.4 is 11.5 Å². The number of hydrogen-bond acceptors (Lipinski definition) is 4. The minimum Gasteiger partial charge on any atom is -0.368 e. The number of nitrogens with zero attached hydrogens (tertiary/aromatic N) is 2. The quantitative estimate of drug-likeness (QED) is 0.702. The second-order valence-corrected chi connectivity index (χ2v) is 6.62. The fourth-order valence-electron chi connectivity index (χ4n) is 3.20. The Morgan fingerprint density at radius 2 is 1.89 bits per heavy atom. The van der Waals surface area contributed by atoms with Gasteiger partial charge < -0.3 is 21.3 Å². The molecule has 0 aromatic rings. The van der Waals surface area contributed by atoms with E-state index in [-0.39, 0.29) is 5.91 Å². The zero-order valence-electron chi connectivity index (χ0n) is 12.3. The third-order valence-corrected chi connectivity index (χ3v) is 4.70. The third-order valence-electron chi connectivity index (χ3n) is 4.70. The molecule has 1 aliphatic heterocycles. The van der Waals surface area contributed by atoms with Gasteiger partial charge in [0.25, 0.3) is 0 Å². The number of likely N-dealkylation sites (tertiary alicyclic amines) is 1. The number of carbonyl (C=O) groups is 1. The molecule has 1 heterocycles. The summed E-state index contributed by atoms with van der Waals surface area (Å²) in [6, 6.07) is 0. The molecule has 5 heteroatoms. The summed E-state index contributed by atoms with van der Waals surface area (Å²) in [4.78, 5) is 16.2. The molecule has 1 amide bonds. The van der Waals surface area contributed by atoms with Crippen molar-refractivity contribution in [2.75, 3.05) is 40.3 Å². The van der Waals surface area contributed by atoms with Gasteiger partial charge in [-0.2, -0.15) is 0 Å². The molecule has 110 valence electrons. The molecule has 0 aromatic heterocycles. The van der Waals surface area contributed by atoms with Gasteiger partial charge in [0, 0.05) is 13.1 Å². The van der Waals surface area contributed by atoms with Crippen LogP contribution in [0.1, 0.15) is 25.7 Å². The molecule has 2 rings (SSSR count). The van der Waals surface area contributed by atoms with Gasteiger partial charge >= 0.3 is 0 Å². The van der Waals surface area contributed by atoms with Crippen molar-refractivity contribution in [1.82, 2.24) is 9.80 Å². The summed E-state index contributed by atoms with van der Waals surface area (Å²) < 4.78 is 0. The summed E-state index contributed by atoms with van der Waals surface area (Å²) in [5.74, 6) is 0.674. The van der Waals surface area contributed by atoms with Crippen molar-refractivity contribution >= 4 is 5.91 Å². The van der Waals surface area contributed by atoms with Crippen molar-refractivity contribution in [3.63, 3.8) is 0 Å². The average molecular weight is 268 g/mol. The van der Waals surface area contributed by atoms with Crippen LogP contribution in [0, 0.1) is 11.8 Å². The largest absolute Gasteiger partial charge is 0.368 e. The second kappa shape index (κ2) is 5.77. The molecule has 0 radical (unpaired) electrons. The van der Waals surface area contributed by atoms with Gasteiger partial charge in [0.2, 0.25) is 5.91 Å². The maximum absolute atomic E-state index is 11.6. The number of nitrogens with two attached hydrogens (primary N) is 2. The first-order valence-electron chi connectivity index (χ1n) is 7.37. The van der Waals surface area contributed by atoms with Crippen LogP contribution in [0.5, 0.6) is 0 Å². The molecular formula is C14H28N4O. The second-order valence-electron chi connectivity index (χ2n) is 6.62. The minimum absolute atomic E-state index is 0.296. The fourth-order valence-corrected chi connectivity index (χ4v) is 3.20. The highest BCUT2D eigenvalue weighted by molar-refractivity contribution is 5.85. The molecule has 2 fully saturated rings. The van der Waals surface area contributed by atoms with E-state index >= 15 is 0 Å². The molecule has 1 unspecified atom stereocenters. The van der Waals surface area contributed by atoms with Crippen LogP contribution in [-0.2, 0) is 4.79 Å². The van der Waals surface area contributed by atoms with E-state index in [2.05, 4.69) is 23.9 Å². The summed E-state index contributed by atoms with van der Waals surface area (Å²) in [5.41, 5.74) is 10.9. The maximum Gasteiger partial charge on any atom is 0.239 e. The molecule has 2 aliphatic rings. The van der Waals surface area contributed by atoms with E-state index in [1.807, 2.05) is 0 Å². The third kappa shape index (κ3) is 3.68. The SMILES string of the molecule is CN1CCC(CN(C)CC(N)(C(N)=O)C2CC2)CC1. The summed E-state index contributed by atoms with van der Waals surface area (Å²) >= 11 is 0. The topological polar surface area (TPSA) is 75.6 Å². The van der Waals surface area contributed by atoms with Crippen molar-refractivity contribution in [2.24, 2.45) is 23.3 Å². The van der Waals surface area contributed by atoms with Gasteiger partial charge in [0.1, 0.15) is 5.54 Å². The lowest BCUT2D eigenvalue weighted by Crippen LogP contribution is -2.60. The molecule has 0 spiro atoms. The van der Waals surface area contributed by atoms with Gasteiger partial charge in [-0.05, 0) is 64.7 Å². The van der Waals surface area contributed by atoms with Crippen LogP contribution in [-0.4, -0.2) is 61.5 Å². The number of amides is 1. The predicted molar refractivity (Wildman–Crippen MR) is 76.6 cm³/mol. The highest BCUT2D eigenvalue weighted by atomic mass is 16.1. The Hall–Kier alpha value is -0.650. The van der Waals surface area contributed by atoms with Crippen molar-refractivity contribution in [1.29, 1.82) is 0 Å². The molecule has 0 bridgehead atoms. The van der Waals surface area contributed by atoms with Gasteiger partial charge in [-0.1, -0.05) is 0 Å². The lowest BCUT2D eigenvalue weighted by atomic mass is 9.91. The lowest BCUT2D eigenvalue weighted by molar-refractivity contribution is -0.124. The Labute approximate surface area is 116 Å². The first kappa shape index (κ1) is 14.8. The Balaban J connectivity index is 1.82. The highest BCUT2D eigenvalue weighted by Crippen LogP contribution is 2.38. The van der Waals surface area contributed by atoms with Gasteiger partial charge in [-0.3, -0.25) is 4.79 Å². The number of piperidine rings is 1. The zero-order valence-corrected chi connectivity index (χ0v) is 12.3. The van der Waals surface area contributed by atoms with Crippen molar-refractivity contribution in [2.45, 2.75) is 31.2 Å². The Bertz CT molecular complexity index is 323. The molecule has 1 saturated heterocycles. The van der Waals surface area contributed by atoms with Crippen LogP contribution in [0.4, 0.5) is 0 Å². The Morgan fingerprint density at radius 1 is 1.32 bits per heavy atom. The monoisotopic (exact) mass is 268 g/mol.